The highest BCUT2D eigenvalue weighted by Crippen LogP contribution is 2.45. The van der Waals surface area contributed by atoms with Gasteiger partial charge in [0.15, 0.2) is 6.10 Å². The lowest BCUT2D eigenvalue weighted by Crippen LogP contribution is -2.28. The van der Waals surface area contributed by atoms with Crippen LogP contribution < -0.4 is 0 Å². The Bertz CT molecular complexity index is 864. The Labute approximate surface area is 194 Å². The summed E-state index contributed by atoms with van der Waals surface area (Å²) in [7, 11) is 0. The van der Waals surface area contributed by atoms with Crippen LogP contribution in [0.3, 0.4) is 0 Å². The van der Waals surface area contributed by atoms with Crippen LogP contribution in [-0.4, -0.2) is 34.5 Å². The van der Waals surface area contributed by atoms with E-state index in [4.69, 9.17) is 9.47 Å². The van der Waals surface area contributed by atoms with Gasteiger partial charge in [0.2, 0.25) is 0 Å². The molecule has 0 bridgehead atoms. The molecular weight excluding hydrogens is 429 g/mol. The van der Waals surface area contributed by atoms with Gasteiger partial charge in [-0.3, -0.25) is 9.59 Å². The van der Waals surface area contributed by atoms with E-state index in [1.807, 2.05) is 27.7 Å². The van der Waals surface area contributed by atoms with Gasteiger partial charge in [-0.05, 0) is 45.1 Å². The number of aryl methyl sites for hydroxylation is 1. The zero-order valence-electron chi connectivity index (χ0n) is 19.9. The maximum Gasteiger partial charge on any atom is 0.306 e. The maximum atomic E-state index is 15.2. The normalized spacial score (nSPS) is 32.8. The second-order valence-corrected chi connectivity index (χ2v) is 11.4. The zero-order valence-corrected chi connectivity index (χ0v) is 20.7. The van der Waals surface area contributed by atoms with Crippen LogP contribution in [0.1, 0.15) is 89.8 Å². The van der Waals surface area contributed by atoms with Gasteiger partial charge in [0.05, 0.1) is 22.4 Å². The van der Waals surface area contributed by atoms with Crippen LogP contribution in [0.4, 0.5) is 4.39 Å². The molecule has 7 heteroatoms. The second kappa shape index (κ2) is 10.1. The first-order chi connectivity index (χ1) is 15.0. The number of carbonyl (C=O) groups is 2. The highest BCUT2D eigenvalue weighted by Gasteiger charge is 2.53. The molecule has 3 heterocycles. The smallest absolute Gasteiger partial charge is 0.306 e. The van der Waals surface area contributed by atoms with E-state index in [0.29, 0.717) is 24.5 Å². The molecule has 0 saturated carbocycles. The summed E-state index contributed by atoms with van der Waals surface area (Å²) < 4.78 is 26.7. The molecular formula is C25H36FNO4S. The first kappa shape index (κ1) is 25.0. The highest BCUT2D eigenvalue weighted by molar-refractivity contribution is 7.09. The van der Waals surface area contributed by atoms with E-state index >= 15 is 4.39 Å². The van der Waals surface area contributed by atoms with Gasteiger partial charge in [-0.15, -0.1) is 11.3 Å². The van der Waals surface area contributed by atoms with Crippen LogP contribution in [0.15, 0.2) is 11.2 Å². The second-order valence-electron chi connectivity index (χ2n) is 10.3. The number of rotatable bonds is 2. The van der Waals surface area contributed by atoms with Crippen molar-refractivity contribution in [3.63, 3.8) is 0 Å². The number of carbonyl (C=O) groups excluding carboxylic acids is 2. The number of cyclic esters (lactones) is 1. The molecule has 5 nitrogen and oxygen atoms in total. The molecule has 2 saturated heterocycles. The first-order valence-corrected chi connectivity index (χ1v) is 12.6. The minimum Gasteiger partial charge on any atom is -0.455 e. The van der Waals surface area contributed by atoms with Crippen molar-refractivity contribution in [3.05, 3.63) is 21.9 Å². The maximum absolute atomic E-state index is 15.2. The van der Waals surface area contributed by atoms with Crippen LogP contribution in [-0.2, 0) is 19.1 Å². The summed E-state index contributed by atoms with van der Waals surface area (Å²) in [5.41, 5.74) is -0.388. The first-order valence-electron chi connectivity index (χ1n) is 11.7. The molecule has 0 amide bonds. The number of ether oxygens (including phenoxy) is 2. The van der Waals surface area contributed by atoms with Crippen molar-refractivity contribution >= 4 is 29.2 Å². The number of hydrogen-bond acceptors (Lipinski definition) is 6. The topological polar surface area (TPSA) is 68.8 Å². The predicted octanol–water partition coefficient (Wildman–Crippen LogP) is 6.20. The summed E-state index contributed by atoms with van der Waals surface area (Å²) >= 11 is 1.44. The van der Waals surface area contributed by atoms with Gasteiger partial charge in [0, 0.05) is 30.1 Å². The molecule has 178 valence electrons. The van der Waals surface area contributed by atoms with E-state index in [9.17, 15) is 9.59 Å². The Hall–Kier alpha value is -1.60. The van der Waals surface area contributed by atoms with Crippen LogP contribution in [0.5, 0.6) is 0 Å². The Morgan fingerprint density at radius 1 is 1.22 bits per heavy atom. The van der Waals surface area contributed by atoms with Crippen LogP contribution in [0, 0.1) is 18.3 Å². The fraction of sp³-hybridized carbons (Fsp3) is 0.720. The number of thiazole rings is 1. The number of fused-ring (bicyclic) bond motifs is 1. The van der Waals surface area contributed by atoms with Gasteiger partial charge < -0.3 is 9.47 Å². The van der Waals surface area contributed by atoms with Crippen LogP contribution >= 0.6 is 11.3 Å². The van der Waals surface area contributed by atoms with Crippen molar-refractivity contribution in [1.82, 2.24) is 4.98 Å². The monoisotopic (exact) mass is 465 g/mol. The standard InChI is InChI=1S/C25H36FNO4S/c1-16-7-6-11-25(5)22(31-25)14-20(19(26)13-18-15-32-17(2)27-18)30-23(29)10-12-24(3,4)21(28)9-8-16/h13,15-16,20,22H,6-12,14H2,1-5H3. The van der Waals surface area contributed by atoms with Crippen LogP contribution in [0.2, 0.25) is 0 Å². The molecule has 4 atom stereocenters. The van der Waals surface area contributed by atoms with Gasteiger partial charge in [-0.1, -0.05) is 33.6 Å². The number of ketones is 1. The predicted molar refractivity (Wildman–Crippen MR) is 124 cm³/mol. The third-order valence-electron chi connectivity index (χ3n) is 6.91. The SMILES string of the molecule is Cc1nc(C=C(F)C2CC3OC3(C)CCCC(C)CCC(=O)C(C)(C)CCC(=O)O2)cs1. The van der Waals surface area contributed by atoms with E-state index in [1.165, 1.54) is 17.4 Å². The minimum atomic E-state index is -1.01. The average molecular weight is 466 g/mol. The third kappa shape index (κ3) is 6.70. The fourth-order valence-corrected chi connectivity index (χ4v) is 4.90. The quantitative estimate of drug-likeness (QED) is 0.384. The summed E-state index contributed by atoms with van der Waals surface area (Å²) in [6, 6.07) is 0. The molecule has 2 fully saturated rings. The van der Waals surface area contributed by atoms with E-state index in [-0.39, 0.29) is 30.3 Å². The molecule has 1 aromatic heterocycles. The zero-order chi connectivity index (χ0) is 23.5. The molecule has 3 rings (SSSR count). The van der Waals surface area contributed by atoms with E-state index in [1.54, 1.807) is 5.38 Å². The summed E-state index contributed by atoms with van der Waals surface area (Å²) in [4.78, 5) is 29.6. The van der Waals surface area contributed by atoms with Crippen molar-refractivity contribution in [1.29, 1.82) is 0 Å². The van der Waals surface area contributed by atoms with E-state index in [0.717, 1.165) is 30.7 Å². The van der Waals surface area contributed by atoms with Gasteiger partial charge in [0.1, 0.15) is 11.6 Å². The fourth-order valence-electron chi connectivity index (χ4n) is 4.33. The lowest BCUT2D eigenvalue weighted by atomic mass is 9.80. The summed E-state index contributed by atoms with van der Waals surface area (Å²) in [5.74, 6) is -0.380. The Balaban J connectivity index is 1.76. The summed E-state index contributed by atoms with van der Waals surface area (Å²) in [6.07, 6.45) is 5.23. The lowest BCUT2D eigenvalue weighted by molar-refractivity contribution is -0.149. The molecule has 0 aromatic carbocycles. The van der Waals surface area contributed by atoms with Gasteiger partial charge in [0.25, 0.3) is 0 Å². The van der Waals surface area contributed by atoms with Crippen molar-refractivity contribution in [2.45, 2.75) is 104 Å². The molecule has 0 aliphatic carbocycles. The molecule has 2 aliphatic rings. The molecule has 4 unspecified atom stereocenters. The van der Waals surface area contributed by atoms with Crippen molar-refractivity contribution in [2.75, 3.05) is 0 Å². The van der Waals surface area contributed by atoms with E-state index in [2.05, 4.69) is 11.9 Å². The van der Waals surface area contributed by atoms with Crippen molar-refractivity contribution in [2.24, 2.45) is 11.3 Å². The largest absolute Gasteiger partial charge is 0.455 e. The van der Waals surface area contributed by atoms with Gasteiger partial charge >= 0.3 is 5.97 Å². The number of halogens is 1. The molecule has 0 N–H and O–H groups in total. The van der Waals surface area contributed by atoms with E-state index < -0.39 is 23.3 Å². The summed E-state index contributed by atoms with van der Waals surface area (Å²) in [5, 5.41) is 2.62. The van der Waals surface area contributed by atoms with Crippen LogP contribution in [0.25, 0.3) is 6.08 Å². The molecule has 0 spiro atoms. The average Bonchev–Trinajstić information content (AvgIpc) is 3.16. The molecule has 0 radical (unpaired) electrons. The number of epoxide rings is 1. The minimum absolute atomic E-state index is 0.0800. The van der Waals surface area contributed by atoms with Gasteiger partial charge in [-0.25, -0.2) is 9.37 Å². The molecule has 1 aromatic rings. The lowest BCUT2D eigenvalue weighted by Gasteiger charge is -2.24. The number of nitrogens with zero attached hydrogens (tertiary/aromatic N) is 1. The number of aromatic nitrogens is 1. The Morgan fingerprint density at radius 2 is 1.97 bits per heavy atom. The Morgan fingerprint density at radius 3 is 2.66 bits per heavy atom. The molecule has 2 aliphatic heterocycles. The number of hydrogen-bond donors (Lipinski definition) is 0. The van der Waals surface area contributed by atoms with Gasteiger partial charge in [-0.2, -0.15) is 0 Å². The Kier molecular flexibility index (Phi) is 7.92. The highest BCUT2D eigenvalue weighted by atomic mass is 32.1. The number of Topliss-reactive ketones (excluding diaryl/α,β-unsaturated/α-hetero) is 1. The summed E-state index contributed by atoms with van der Waals surface area (Å²) in [6.45, 7) is 9.84. The third-order valence-corrected chi connectivity index (χ3v) is 7.70. The number of esters is 1. The van der Waals surface area contributed by atoms with Crippen molar-refractivity contribution in [3.8, 4) is 0 Å². The van der Waals surface area contributed by atoms with Crippen molar-refractivity contribution < 1.29 is 23.5 Å². The molecule has 32 heavy (non-hydrogen) atoms.